The number of nitrogens with zero attached hydrogens (tertiary/aromatic N) is 2. The van der Waals surface area contributed by atoms with Gasteiger partial charge in [-0.15, -0.1) is 0 Å². The molecule has 3 rings (SSSR count). The van der Waals surface area contributed by atoms with Crippen molar-refractivity contribution in [1.82, 2.24) is 9.97 Å². The van der Waals surface area contributed by atoms with Gasteiger partial charge in [-0.05, 0) is 42.3 Å². The third-order valence-corrected chi connectivity index (χ3v) is 3.71. The van der Waals surface area contributed by atoms with E-state index in [1.807, 2.05) is 36.5 Å². The molecule has 0 saturated carbocycles. The average Bonchev–Trinajstić information content (AvgIpc) is 2.64. The molecule has 0 bridgehead atoms. The summed E-state index contributed by atoms with van der Waals surface area (Å²) in [4.78, 5) is 20.8. The Morgan fingerprint density at radius 2 is 1.83 bits per heavy atom. The summed E-state index contributed by atoms with van der Waals surface area (Å²) >= 11 is 0. The second-order valence-electron chi connectivity index (χ2n) is 5.55. The molecule has 1 amide bonds. The van der Waals surface area contributed by atoms with Gasteiger partial charge in [0.15, 0.2) is 0 Å². The maximum atomic E-state index is 12.2. The standard InChI is InChI=1S/C20H19N3O/c1-2-5-15-7-12-18(22-14-15)16-8-10-17(11-9-16)20(24)23-19-6-3-4-13-21-19/h3-4,6-14H,2,5H2,1H3,(H,21,23,24). The summed E-state index contributed by atoms with van der Waals surface area (Å²) in [7, 11) is 0. The van der Waals surface area contributed by atoms with Crippen LogP contribution in [-0.4, -0.2) is 15.9 Å². The average molecular weight is 317 g/mol. The Kier molecular flexibility index (Phi) is 4.96. The number of aryl methyl sites for hydroxylation is 1. The van der Waals surface area contributed by atoms with E-state index in [0.717, 1.165) is 24.1 Å². The fourth-order valence-corrected chi connectivity index (χ4v) is 2.45. The number of anilines is 1. The number of carbonyl (C=O) groups is 1. The monoisotopic (exact) mass is 317 g/mol. The van der Waals surface area contributed by atoms with Crippen LogP contribution in [0.25, 0.3) is 11.3 Å². The molecule has 1 aromatic carbocycles. The third-order valence-electron chi connectivity index (χ3n) is 3.71. The van der Waals surface area contributed by atoms with Crippen molar-refractivity contribution in [2.75, 3.05) is 5.32 Å². The predicted molar refractivity (Wildman–Crippen MR) is 95.9 cm³/mol. The SMILES string of the molecule is CCCc1ccc(-c2ccc(C(=O)Nc3ccccn3)cc2)nc1. The van der Waals surface area contributed by atoms with E-state index in [1.54, 1.807) is 24.4 Å². The van der Waals surface area contributed by atoms with Crippen molar-refractivity contribution >= 4 is 11.7 Å². The molecule has 0 radical (unpaired) electrons. The summed E-state index contributed by atoms with van der Waals surface area (Å²) < 4.78 is 0. The van der Waals surface area contributed by atoms with Crippen LogP contribution < -0.4 is 5.32 Å². The fraction of sp³-hybridized carbons (Fsp3) is 0.150. The lowest BCUT2D eigenvalue weighted by molar-refractivity contribution is 0.102. The summed E-state index contributed by atoms with van der Waals surface area (Å²) in [5.41, 5.74) is 3.73. The number of benzene rings is 1. The minimum absolute atomic E-state index is 0.175. The normalized spacial score (nSPS) is 10.4. The Hall–Kier alpha value is -3.01. The molecule has 1 N–H and O–H groups in total. The van der Waals surface area contributed by atoms with Crippen molar-refractivity contribution in [1.29, 1.82) is 0 Å². The van der Waals surface area contributed by atoms with Crippen molar-refractivity contribution in [2.45, 2.75) is 19.8 Å². The first-order chi connectivity index (χ1) is 11.8. The van der Waals surface area contributed by atoms with Gasteiger partial charge >= 0.3 is 0 Å². The van der Waals surface area contributed by atoms with Gasteiger partial charge in [0.25, 0.3) is 5.91 Å². The van der Waals surface area contributed by atoms with Crippen molar-refractivity contribution in [3.63, 3.8) is 0 Å². The van der Waals surface area contributed by atoms with Crippen molar-refractivity contribution in [3.05, 3.63) is 78.1 Å². The molecule has 0 aliphatic rings. The summed E-state index contributed by atoms with van der Waals surface area (Å²) in [5.74, 6) is 0.367. The minimum atomic E-state index is -0.175. The van der Waals surface area contributed by atoms with E-state index in [0.29, 0.717) is 11.4 Å². The van der Waals surface area contributed by atoms with E-state index in [2.05, 4.69) is 28.3 Å². The highest BCUT2D eigenvalue weighted by Gasteiger charge is 2.07. The van der Waals surface area contributed by atoms with Crippen LogP contribution in [0.5, 0.6) is 0 Å². The van der Waals surface area contributed by atoms with Gasteiger partial charge in [-0.25, -0.2) is 4.98 Å². The topological polar surface area (TPSA) is 54.9 Å². The second kappa shape index (κ2) is 7.51. The fourth-order valence-electron chi connectivity index (χ4n) is 2.45. The zero-order valence-electron chi connectivity index (χ0n) is 13.6. The first kappa shape index (κ1) is 15.9. The van der Waals surface area contributed by atoms with E-state index in [-0.39, 0.29) is 5.91 Å². The van der Waals surface area contributed by atoms with Gasteiger partial charge in [0, 0.05) is 23.5 Å². The van der Waals surface area contributed by atoms with Crippen molar-refractivity contribution in [3.8, 4) is 11.3 Å². The van der Waals surface area contributed by atoms with E-state index in [9.17, 15) is 4.79 Å². The summed E-state index contributed by atoms with van der Waals surface area (Å²) in [6.07, 6.45) is 5.72. The molecular formula is C20H19N3O. The molecule has 0 saturated heterocycles. The smallest absolute Gasteiger partial charge is 0.256 e. The highest BCUT2D eigenvalue weighted by atomic mass is 16.1. The quantitative estimate of drug-likeness (QED) is 0.761. The van der Waals surface area contributed by atoms with Crippen LogP contribution in [0.2, 0.25) is 0 Å². The minimum Gasteiger partial charge on any atom is -0.307 e. The Morgan fingerprint density at radius 1 is 1.00 bits per heavy atom. The highest BCUT2D eigenvalue weighted by Crippen LogP contribution is 2.18. The molecule has 2 heterocycles. The van der Waals surface area contributed by atoms with E-state index in [4.69, 9.17) is 0 Å². The largest absolute Gasteiger partial charge is 0.307 e. The van der Waals surface area contributed by atoms with Crippen LogP contribution >= 0.6 is 0 Å². The number of hydrogen-bond donors (Lipinski definition) is 1. The molecule has 0 aliphatic heterocycles. The molecule has 0 fully saturated rings. The van der Waals surface area contributed by atoms with Gasteiger partial charge in [-0.2, -0.15) is 0 Å². The second-order valence-corrected chi connectivity index (χ2v) is 5.55. The van der Waals surface area contributed by atoms with Gasteiger partial charge in [-0.3, -0.25) is 9.78 Å². The van der Waals surface area contributed by atoms with Crippen molar-refractivity contribution in [2.24, 2.45) is 0 Å². The molecule has 0 unspecified atom stereocenters. The molecule has 2 aromatic heterocycles. The van der Waals surface area contributed by atoms with Gasteiger partial charge in [0.05, 0.1) is 5.69 Å². The van der Waals surface area contributed by atoms with Crippen LogP contribution in [0.1, 0.15) is 29.3 Å². The Balaban J connectivity index is 1.71. The number of amides is 1. The molecule has 0 atom stereocenters. The number of rotatable bonds is 5. The van der Waals surface area contributed by atoms with Gasteiger partial charge in [0.2, 0.25) is 0 Å². The Labute approximate surface area is 141 Å². The number of nitrogens with one attached hydrogen (secondary N) is 1. The van der Waals surface area contributed by atoms with Crippen LogP contribution in [0, 0.1) is 0 Å². The number of carbonyl (C=O) groups excluding carboxylic acids is 1. The predicted octanol–water partition coefficient (Wildman–Crippen LogP) is 4.35. The number of hydrogen-bond acceptors (Lipinski definition) is 3. The van der Waals surface area contributed by atoms with Crippen molar-refractivity contribution < 1.29 is 4.79 Å². The molecule has 4 nitrogen and oxygen atoms in total. The maximum Gasteiger partial charge on any atom is 0.256 e. The first-order valence-corrected chi connectivity index (χ1v) is 8.04. The Morgan fingerprint density at radius 3 is 2.46 bits per heavy atom. The lowest BCUT2D eigenvalue weighted by atomic mass is 10.1. The van der Waals surface area contributed by atoms with E-state index >= 15 is 0 Å². The molecule has 4 heteroatoms. The molecule has 24 heavy (non-hydrogen) atoms. The van der Waals surface area contributed by atoms with Crippen LogP contribution in [0.4, 0.5) is 5.82 Å². The Bertz CT molecular complexity index is 797. The molecule has 0 aliphatic carbocycles. The number of aromatic nitrogens is 2. The lowest BCUT2D eigenvalue weighted by Crippen LogP contribution is -2.12. The van der Waals surface area contributed by atoms with E-state index in [1.165, 1.54) is 5.56 Å². The first-order valence-electron chi connectivity index (χ1n) is 8.04. The van der Waals surface area contributed by atoms with Gasteiger partial charge in [0.1, 0.15) is 5.82 Å². The number of pyridine rings is 2. The summed E-state index contributed by atoms with van der Waals surface area (Å²) in [6, 6.07) is 17.0. The molecule has 120 valence electrons. The molecule has 3 aromatic rings. The van der Waals surface area contributed by atoms with E-state index < -0.39 is 0 Å². The zero-order valence-corrected chi connectivity index (χ0v) is 13.6. The summed E-state index contributed by atoms with van der Waals surface area (Å²) in [6.45, 7) is 2.16. The van der Waals surface area contributed by atoms with Crippen LogP contribution in [-0.2, 0) is 6.42 Å². The molecule has 0 spiro atoms. The van der Waals surface area contributed by atoms with Crippen LogP contribution in [0.15, 0.2) is 67.0 Å². The van der Waals surface area contributed by atoms with Gasteiger partial charge in [-0.1, -0.05) is 37.6 Å². The summed E-state index contributed by atoms with van der Waals surface area (Å²) in [5, 5.41) is 2.77. The maximum absolute atomic E-state index is 12.2. The zero-order chi connectivity index (χ0) is 16.8. The van der Waals surface area contributed by atoms with Crippen LogP contribution in [0.3, 0.4) is 0 Å². The lowest BCUT2D eigenvalue weighted by Gasteiger charge is -2.06. The van der Waals surface area contributed by atoms with Gasteiger partial charge < -0.3 is 5.32 Å². The molecular weight excluding hydrogens is 298 g/mol. The highest BCUT2D eigenvalue weighted by molar-refractivity contribution is 6.03. The third kappa shape index (κ3) is 3.84.